The highest BCUT2D eigenvalue weighted by molar-refractivity contribution is 5.98. The first kappa shape index (κ1) is 14.3. The van der Waals surface area contributed by atoms with Crippen LogP contribution in [0.3, 0.4) is 0 Å². The van der Waals surface area contributed by atoms with Crippen LogP contribution in [0, 0.1) is 6.92 Å². The maximum Gasteiger partial charge on any atom is 0.119 e. The van der Waals surface area contributed by atoms with Gasteiger partial charge in [-0.15, -0.1) is 0 Å². The Hall–Kier alpha value is -2.09. The first-order valence-electron chi connectivity index (χ1n) is 6.92. The third-order valence-corrected chi connectivity index (χ3v) is 3.49. The summed E-state index contributed by atoms with van der Waals surface area (Å²) in [7, 11) is 1.81. The van der Waals surface area contributed by atoms with Crippen LogP contribution in [0.2, 0.25) is 0 Å². The van der Waals surface area contributed by atoms with Crippen molar-refractivity contribution in [2.75, 3.05) is 13.7 Å². The molecule has 0 aliphatic rings. The molecule has 0 atom stereocenters. The first-order chi connectivity index (χ1) is 9.70. The second-order valence-electron chi connectivity index (χ2n) is 4.86. The molecule has 0 aliphatic heterocycles. The molecular weight excluding hydrogens is 246 g/mol. The maximum absolute atomic E-state index is 5.85. The minimum Gasteiger partial charge on any atom is -0.493 e. The van der Waals surface area contributed by atoms with Gasteiger partial charge < -0.3 is 4.74 Å². The lowest BCUT2D eigenvalue weighted by molar-refractivity contribution is 0.321. The van der Waals surface area contributed by atoms with Gasteiger partial charge in [0.1, 0.15) is 5.75 Å². The Labute approximate surface area is 121 Å². The summed E-state index contributed by atoms with van der Waals surface area (Å²) in [6.07, 6.45) is 0.928. The van der Waals surface area contributed by atoms with Crippen molar-refractivity contribution in [3.05, 3.63) is 65.2 Å². The second kappa shape index (κ2) is 6.90. The smallest absolute Gasteiger partial charge is 0.119 e. The summed E-state index contributed by atoms with van der Waals surface area (Å²) >= 11 is 0. The second-order valence-corrected chi connectivity index (χ2v) is 4.86. The van der Waals surface area contributed by atoms with Gasteiger partial charge in [0.05, 0.1) is 6.61 Å². The molecule has 0 amide bonds. The summed E-state index contributed by atoms with van der Waals surface area (Å²) in [5, 5.41) is 0. The van der Waals surface area contributed by atoms with E-state index in [9.17, 15) is 0 Å². The van der Waals surface area contributed by atoms with E-state index >= 15 is 0 Å². The van der Waals surface area contributed by atoms with E-state index in [0.717, 1.165) is 23.4 Å². The summed E-state index contributed by atoms with van der Waals surface area (Å²) in [4.78, 5) is 4.20. The van der Waals surface area contributed by atoms with Crippen molar-refractivity contribution in [2.45, 2.75) is 20.3 Å². The molecule has 0 fully saturated rings. The first-order valence-corrected chi connectivity index (χ1v) is 6.92. The van der Waals surface area contributed by atoms with E-state index < -0.39 is 0 Å². The predicted octanol–water partition coefficient (Wildman–Crippen LogP) is 4.06. The van der Waals surface area contributed by atoms with Crippen LogP contribution in [0.25, 0.3) is 0 Å². The van der Waals surface area contributed by atoms with Crippen LogP contribution in [0.4, 0.5) is 0 Å². The summed E-state index contributed by atoms with van der Waals surface area (Å²) in [5.41, 5.74) is 4.80. The van der Waals surface area contributed by atoms with Crippen LogP contribution in [0.1, 0.15) is 23.6 Å². The number of ether oxygens (including phenoxy) is 1. The van der Waals surface area contributed by atoms with Gasteiger partial charge in [0.25, 0.3) is 0 Å². The molecule has 0 aliphatic carbocycles. The van der Waals surface area contributed by atoms with Gasteiger partial charge in [-0.1, -0.05) is 36.4 Å². The lowest BCUT2D eigenvalue weighted by Crippen LogP contribution is -2.03. The van der Waals surface area contributed by atoms with Gasteiger partial charge in [0.2, 0.25) is 0 Å². The molecule has 0 N–H and O–H groups in total. The number of hydrogen-bond acceptors (Lipinski definition) is 2. The molecule has 0 radical (unpaired) electrons. The molecule has 104 valence electrons. The molecule has 0 spiro atoms. The number of benzene rings is 2. The molecule has 0 aromatic heterocycles. The SMILES string of the molecule is CN=C(C)c1cccc(OCCc2ccccc2C)c1. The highest BCUT2D eigenvalue weighted by atomic mass is 16.5. The van der Waals surface area contributed by atoms with E-state index in [-0.39, 0.29) is 0 Å². The number of nitrogens with zero attached hydrogens (tertiary/aromatic N) is 1. The van der Waals surface area contributed by atoms with Crippen LogP contribution in [-0.4, -0.2) is 19.4 Å². The van der Waals surface area contributed by atoms with E-state index in [2.05, 4.69) is 42.2 Å². The molecular formula is C18H21NO. The Balaban J connectivity index is 1.96. The summed E-state index contributed by atoms with van der Waals surface area (Å²) in [6.45, 7) is 4.83. The topological polar surface area (TPSA) is 21.6 Å². The zero-order valence-electron chi connectivity index (χ0n) is 12.4. The normalized spacial score (nSPS) is 11.4. The van der Waals surface area contributed by atoms with Gasteiger partial charge in [-0.25, -0.2) is 0 Å². The highest BCUT2D eigenvalue weighted by Gasteiger charge is 2.01. The fraction of sp³-hybridized carbons (Fsp3) is 0.278. The molecule has 2 rings (SSSR count). The molecule has 0 saturated carbocycles. The van der Waals surface area contributed by atoms with Crippen molar-refractivity contribution in [3.63, 3.8) is 0 Å². The summed E-state index contributed by atoms with van der Waals surface area (Å²) in [6, 6.07) is 16.5. The van der Waals surface area contributed by atoms with Gasteiger partial charge in [0, 0.05) is 19.2 Å². The van der Waals surface area contributed by atoms with Crippen LogP contribution in [-0.2, 0) is 6.42 Å². The van der Waals surface area contributed by atoms with Crippen molar-refractivity contribution < 1.29 is 4.74 Å². The van der Waals surface area contributed by atoms with E-state index in [1.807, 2.05) is 25.1 Å². The molecule has 0 heterocycles. The van der Waals surface area contributed by atoms with E-state index in [1.165, 1.54) is 11.1 Å². The predicted molar refractivity (Wildman–Crippen MR) is 85.0 cm³/mol. The van der Waals surface area contributed by atoms with E-state index in [4.69, 9.17) is 4.74 Å². The quantitative estimate of drug-likeness (QED) is 0.749. The van der Waals surface area contributed by atoms with Crippen molar-refractivity contribution >= 4 is 5.71 Å². The number of hydrogen-bond donors (Lipinski definition) is 0. The third kappa shape index (κ3) is 3.70. The van der Waals surface area contributed by atoms with Crippen LogP contribution >= 0.6 is 0 Å². The standard InChI is InChI=1S/C18H21NO/c1-14-7-4-5-8-16(14)11-12-20-18-10-6-9-17(13-18)15(2)19-3/h4-10,13H,11-12H2,1-3H3. The van der Waals surface area contributed by atoms with Gasteiger partial charge >= 0.3 is 0 Å². The number of rotatable bonds is 5. The number of aryl methyl sites for hydroxylation is 1. The van der Waals surface area contributed by atoms with Crippen LogP contribution in [0.5, 0.6) is 5.75 Å². The van der Waals surface area contributed by atoms with Crippen molar-refractivity contribution in [3.8, 4) is 5.75 Å². The Morgan fingerprint density at radius 1 is 1.10 bits per heavy atom. The molecule has 2 heteroatoms. The summed E-state index contributed by atoms with van der Waals surface area (Å²) in [5.74, 6) is 0.902. The average Bonchev–Trinajstić information content (AvgIpc) is 2.49. The Morgan fingerprint density at radius 2 is 1.90 bits per heavy atom. The number of aliphatic imine (C=N–C) groups is 1. The Kier molecular flexibility index (Phi) is 4.94. The Morgan fingerprint density at radius 3 is 2.65 bits per heavy atom. The molecule has 0 unspecified atom stereocenters. The highest BCUT2D eigenvalue weighted by Crippen LogP contribution is 2.15. The van der Waals surface area contributed by atoms with Crippen molar-refractivity contribution in [2.24, 2.45) is 4.99 Å². The lowest BCUT2D eigenvalue weighted by atomic mass is 10.1. The lowest BCUT2D eigenvalue weighted by Gasteiger charge is -2.09. The van der Waals surface area contributed by atoms with Crippen LogP contribution < -0.4 is 4.74 Å². The van der Waals surface area contributed by atoms with Gasteiger partial charge in [-0.05, 0) is 42.7 Å². The zero-order valence-corrected chi connectivity index (χ0v) is 12.4. The van der Waals surface area contributed by atoms with E-state index in [0.29, 0.717) is 6.61 Å². The minimum atomic E-state index is 0.691. The maximum atomic E-state index is 5.85. The van der Waals surface area contributed by atoms with Gasteiger partial charge in [0.15, 0.2) is 0 Å². The van der Waals surface area contributed by atoms with Gasteiger partial charge in [-0.3, -0.25) is 4.99 Å². The third-order valence-electron chi connectivity index (χ3n) is 3.49. The van der Waals surface area contributed by atoms with Crippen molar-refractivity contribution in [1.82, 2.24) is 0 Å². The Bertz CT molecular complexity index is 602. The molecule has 2 nitrogen and oxygen atoms in total. The van der Waals surface area contributed by atoms with E-state index in [1.54, 1.807) is 7.05 Å². The van der Waals surface area contributed by atoms with Gasteiger partial charge in [-0.2, -0.15) is 0 Å². The fourth-order valence-electron chi connectivity index (χ4n) is 2.11. The minimum absolute atomic E-state index is 0.691. The average molecular weight is 267 g/mol. The van der Waals surface area contributed by atoms with Crippen molar-refractivity contribution in [1.29, 1.82) is 0 Å². The molecule has 0 saturated heterocycles. The molecule has 0 bridgehead atoms. The largest absolute Gasteiger partial charge is 0.493 e. The molecule has 20 heavy (non-hydrogen) atoms. The van der Waals surface area contributed by atoms with Crippen LogP contribution in [0.15, 0.2) is 53.5 Å². The molecule has 2 aromatic rings. The zero-order chi connectivity index (χ0) is 14.4. The summed E-state index contributed by atoms with van der Waals surface area (Å²) < 4.78 is 5.85. The monoisotopic (exact) mass is 267 g/mol. The fourth-order valence-corrected chi connectivity index (χ4v) is 2.11. The molecule has 2 aromatic carbocycles.